The highest BCUT2D eigenvalue weighted by Crippen LogP contribution is 2.44. The minimum atomic E-state index is -4.42. The Bertz CT molecular complexity index is 1220. The van der Waals surface area contributed by atoms with Gasteiger partial charge in [0.15, 0.2) is 0 Å². The number of fused-ring (bicyclic) bond motifs is 1. The topological polar surface area (TPSA) is 55.1 Å². The molecule has 0 radical (unpaired) electrons. The first-order valence-corrected chi connectivity index (χ1v) is 12.3. The van der Waals surface area contributed by atoms with Gasteiger partial charge in [0.1, 0.15) is 0 Å². The minimum Gasteiger partial charge on any atom is -0.481 e. The number of carboxylic acids is 1. The molecule has 4 nitrogen and oxygen atoms in total. The molecule has 2 atom stereocenters. The zero-order valence-electron chi connectivity index (χ0n) is 19.1. The molecule has 0 fully saturated rings. The first-order valence-electron chi connectivity index (χ1n) is 11.6. The van der Waals surface area contributed by atoms with Crippen LogP contribution in [0.1, 0.15) is 73.4 Å². The Kier molecular flexibility index (Phi) is 7.48. The fraction of sp³-hybridized carbons (Fsp3) is 0.385. The van der Waals surface area contributed by atoms with Gasteiger partial charge in [0.2, 0.25) is 0 Å². The number of nitrogens with zero attached hydrogens (tertiary/aromatic N) is 2. The van der Waals surface area contributed by atoms with Crippen molar-refractivity contribution in [3.05, 3.63) is 74.9 Å². The number of alkyl halides is 3. The zero-order valence-corrected chi connectivity index (χ0v) is 20.6. The molecule has 1 aliphatic rings. The number of rotatable bonds is 7. The molecule has 1 N–H and O–H groups in total. The number of halogens is 5. The van der Waals surface area contributed by atoms with E-state index in [4.69, 9.17) is 28.3 Å². The van der Waals surface area contributed by atoms with Crippen LogP contribution in [0.3, 0.4) is 0 Å². The molecule has 4 rings (SSSR count). The van der Waals surface area contributed by atoms with Gasteiger partial charge in [-0.15, -0.1) is 0 Å². The van der Waals surface area contributed by atoms with Crippen molar-refractivity contribution in [3.63, 3.8) is 0 Å². The summed E-state index contributed by atoms with van der Waals surface area (Å²) >= 11 is 12.6. The molecular weight excluding hydrogens is 500 g/mol. The van der Waals surface area contributed by atoms with E-state index in [9.17, 15) is 23.1 Å². The fourth-order valence-corrected chi connectivity index (χ4v) is 5.46. The number of carbonyl (C=O) groups is 1. The predicted octanol–water partition coefficient (Wildman–Crippen LogP) is 8.16. The zero-order chi connectivity index (χ0) is 25.3. The Morgan fingerprint density at radius 3 is 2.51 bits per heavy atom. The first kappa shape index (κ1) is 25.6. The number of carboxylic acid groups (broad SMARTS) is 1. The van der Waals surface area contributed by atoms with E-state index in [1.807, 2.05) is 11.6 Å². The number of aliphatic carboxylic acids is 1. The second-order valence-electron chi connectivity index (χ2n) is 8.89. The van der Waals surface area contributed by atoms with Crippen molar-refractivity contribution in [1.82, 2.24) is 9.78 Å². The summed E-state index contributed by atoms with van der Waals surface area (Å²) in [5.41, 5.74) is 3.13. The quantitative estimate of drug-likeness (QED) is 0.339. The summed E-state index contributed by atoms with van der Waals surface area (Å²) < 4.78 is 41.3. The normalized spacial score (nSPS) is 16.7. The Hall–Kier alpha value is -2.51. The second kappa shape index (κ2) is 10.2. The van der Waals surface area contributed by atoms with Crippen molar-refractivity contribution in [2.45, 2.75) is 63.6 Å². The molecule has 0 bridgehead atoms. The molecule has 35 heavy (non-hydrogen) atoms. The standard InChI is InChI=1S/C26H25Cl2F3N2O2/c1-2-4-22(15-7-9-17(10-8-15)26(29,30)31)33-25-16(13-23(34)35)5-3-6-20(25)24(32-33)19-12-11-18(27)14-21(19)28/h7-12,14,16,22H,2-6,13H2,1H3,(H,34,35). The van der Waals surface area contributed by atoms with Crippen LogP contribution in [0.2, 0.25) is 10.0 Å². The highest BCUT2D eigenvalue weighted by atomic mass is 35.5. The molecule has 0 amide bonds. The van der Waals surface area contributed by atoms with Crippen LogP contribution in [0, 0.1) is 0 Å². The number of hydrogen-bond acceptors (Lipinski definition) is 2. The van der Waals surface area contributed by atoms with Crippen LogP contribution in [0.25, 0.3) is 11.3 Å². The minimum absolute atomic E-state index is 0.0433. The molecule has 186 valence electrons. The number of hydrogen-bond donors (Lipinski definition) is 1. The van der Waals surface area contributed by atoms with Crippen LogP contribution < -0.4 is 0 Å². The number of benzene rings is 2. The molecule has 0 spiro atoms. The molecule has 0 saturated heterocycles. The number of aromatic nitrogens is 2. The molecule has 0 saturated carbocycles. The molecular formula is C26H25Cl2F3N2O2. The van der Waals surface area contributed by atoms with Gasteiger partial charge in [0.25, 0.3) is 0 Å². The summed E-state index contributed by atoms with van der Waals surface area (Å²) in [5.74, 6) is -1.15. The van der Waals surface area contributed by atoms with Gasteiger partial charge >= 0.3 is 12.1 Å². The molecule has 1 aromatic heterocycles. The monoisotopic (exact) mass is 524 g/mol. The summed E-state index contributed by atoms with van der Waals surface area (Å²) in [6, 6.07) is 9.96. The Balaban J connectivity index is 1.90. The lowest BCUT2D eigenvalue weighted by atomic mass is 9.83. The summed E-state index contributed by atoms with van der Waals surface area (Å²) in [4.78, 5) is 11.7. The van der Waals surface area contributed by atoms with Crippen LogP contribution in [0.4, 0.5) is 13.2 Å². The molecule has 2 unspecified atom stereocenters. The Labute approximate surface area is 211 Å². The molecule has 0 aliphatic heterocycles. The molecule has 2 aromatic carbocycles. The second-order valence-corrected chi connectivity index (χ2v) is 9.74. The van der Waals surface area contributed by atoms with E-state index in [1.54, 1.807) is 18.2 Å². The largest absolute Gasteiger partial charge is 0.481 e. The van der Waals surface area contributed by atoms with Gasteiger partial charge in [-0.05, 0) is 61.6 Å². The van der Waals surface area contributed by atoms with Crippen molar-refractivity contribution in [1.29, 1.82) is 0 Å². The van der Waals surface area contributed by atoms with Crippen LogP contribution in [0.5, 0.6) is 0 Å². The third-order valence-corrected chi connectivity index (χ3v) is 7.05. The molecule has 3 aromatic rings. The van der Waals surface area contributed by atoms with Crippen molar-refractivity contribution >= 4 is 29.2 Å². The van der Waals surface area contributed by atoms with E-state index < -0.39 is 17.7 Å². The third kappa shape index (κ3) is 5.36. The van der Waals surface area contributed by atoms with Crippen LogP contribution in [-0.4, -0.2) is 20.9 Å². The van der Waals surface area contributed by atoms with Gasteiger partial charge in [0, 0.05) is 27.8 Å². The van der Waals surface area contributed by atoms with Crippen molar-refractivity contribution in [3.8, 4) is 11.3 Å². The average Bonchev–Trinajstić information content (AvgIpc) is 3.17. The van der Waals surface area contributed by atoms with E-state index in [1.165, 1.54) is 12.1 Å². The van der Waals surface area contributed by atoms with Crippen molar-refractivity contribution in [2.24, 2.45) is 0 Å². The van der Waals surface area contributed by atoms with Crippen LogP contribution in [-0.2, 0) is 17.4 Å². The fourth-order valence-electron chi connectivity index (χ4n) is 4.97. The summed E-state index contributed by atoms with van der Waals surface area (Å²) in [7, 11) is 0. The Morgan fingerprint density at radius 1 is 1.20 bits per heavy atom. The summed E-state index contributed by atoms with van der Waals surface area (Å²) in [6.45, 7) is 2.00. The van der Waals surface area contributed by atoms with Gasteiger partial charge < -0.3 is 5.11 Å². The van der Waals surface area contributed by atoms with E-state index in [2.05, 4.69) is 0 Å². The van der Waals surface area contributed by atoms with E-state index in [0.717, 1.165) is 36.2 Å². The van der Waals surface area contributed by atoms with Gasteiger partial charge in [-0.2, -0.15) is 18.3 Å². The van der Waals surface area contributed by atoms with Gasteiger partial charge in [-0.1, -0.05) is 48.7 Å². The highest BCUT2D eigenvalue weighted by Gasteiger charge is 2.34. The molecule has 1 heterocycles. The maximum atomic E-state index is 13.2. The smallest absolute Gasteiger partial charge is 0.416 e. The lowest BCUT2D eigenvalue weighted by Crippen LogP contribution is -2.21. The van der Waals surface area contributed by atoms with Crippen LogP contribution >= 0.6 is 23.2 Å². The maximum Gasteiger partial charge on any atom is 0.416 e. The van der Waals surface area contributed by atoms with E-state index in [0.29, 0.717) is 46.1 Å². The third-order valence-electron chi connectivity index (χ3n) is 6.50. The van der Waals surface area contributed by atoms with E-state index >= 15 is 0 Å². The predicted molar refractivity (Wildman–Crippen MR) is 130 cm³/mol. The lowest BCUT2D eigenvalue weighted by Gasteiger charge is -2.27. The summed E-state index contributed by atoms with van der Waals surface area (Å²) in [5, 5.41) is 15.5. The Morgan fingerprint density at radius 2 is 1.91 bits per heavy atom. The highest BCUT2D eigenvalue weighted by molar-refractivity contribution is 6.36. The van der Waals surface area contributed by atoms with Crippen LogP contribution in [0.15, 0.2) is 42.5 Å². The van der Waals surface area contributed by atoms with Gasteiger partial charge in [-0.25, -0.2) is 0 Å². The average molecular weight is 525 g/mol. The lowest BCUT2D eigenvalue weighted by molar-refractivity contribution is -0.138. The van der Waals surface area contributed by atoms with Gasteiger partial charge in [-0.3, -0.25) is 9.48 Å². The summed E-state index contributed by atoms with van der Waals surface area (Å²) in [6.07, 6.45) is -0.842. The van der Waals surface area contributed by atoms with Crippen molar-refractivity contribution < 1.29 is 23.1 Å². The van der Waals surface area contributed by atoms with E-state index in [-0.39, 0.29) is 18.4 Å². The van der Waals surface area contributed by atoms with Crippen molar-refractivity contribution in [2.75, 3.05) is 0 Å². The maximum absolute atomic E-state index is 13.2. The van der Waals surface area contributed by atoms with Gasteiger partial charge in [0.05, 0.1) is 28.7 Å². The first-order chi connectivity index (χ1) is 16.6. The molecule has 1 aliphatic carbocycles. The molecule has 9 heteroatoms. The SMILES string of the molecule is CCCC(c1ccc(C(F)(F)F)cc1)n1nc(-c2ccc(Cl)cc2Cl)c2c1C(CC(=O)O)CCC2.